The average molecular weight is 387 g/mol. The van der Waals surface area contributed by atoms with Crippen molar-refractivity contribution in [2.24, 2.45) is 0 Å². The van der Waals surface area contributed by atoms with Crippen molar-refractivity contribution in [1.29, 1.82) is 0 Å². The van der Waals surface area contributed by atoms with Crippen molar-refractivity contribution >= 4 is 5.91 Å². The molecule has 2 aromatic rings. The molecule has 7 heteroatoms. The second-order valence-electron chi connectivity index (χ2n) is 7.46. The van der Waals surface area contributed by atoms with Crippen LogP contribution in [0.2, 0.25) is 0 Å². The molecule has 2 saturated heterocycles. The van der Waals surface area contributed by atoms with Crippen molar-refractivity contribution < 1.29 is 18.3 Å². The van der Waals surface area contributed by atoms with E-state index in [0.29, 0.717) is 12.2 Å². The van der Waals surface area contributed by atoms with Crippen LogP contribution >= 0.6 is 0 Å². The Kier molecular flexibility index (Phi) is 4.79. The molecular formula is C21H23F2N3O2. The van der Waals surface area contributed by atoms with E-state index in [1.165, 1.54) is 6.07 Å². The summed E-state index contributed by atoms with van der Waals surface area (Å²) in [6, 6.07) is 5.86. The summed E-state index contributed by atoms with van der Waals surface area (Å²) in [5.74, 6) is -1.46. The number of carbonyl (C=O) groups is 1. The van der Waals surface area contributed by atoms with E-state index in [9.17, 15) is 13.6 Å². The van der Waals surface area contributed by atoms with Crippen LogP contribution in [0.4, 0.5) is 8.78 Å². The van der Waals surface area contributed by atoms with Gasteiger partial charge in [-0.15, -0.1) is 0 Å². The van der Waals surface area contributed by atoms with Gasteiger partial charge in [0.1, 0.15) is 11.3 Å². The largest absolute Gasteiger partial charge is 0.494 e. The number of pyridine rings is 1. The minimum atomic E-state index is -0.947. The molecule has 2 fully saturated rings. The normalized spacial score (nSPS) is 24.4. The Bertz CT molecular complexity index is 921. The average Bonchev–Trinajstić information content (AvgIpc) is 3.25. The standard InChI is InChI=1S/C21H23F2N3O2/c1-3-28-14-11-15(19(23)16(22)12-14)13-5-8-24-18(10-13)17-4-6-21(25-17)7-9-26(2)20(21)27/h5,8,10-12,17,25H,3-4,6-7,9H2,1-2H3. The zero-order valence-electron chi connectivity index (χ0n) is 16.0. The Morgan fingerprint density at radius 1 is 1.32 bits per heavy atom. The van der Waals surface area contributed by atoms with Gasteiger partial charge >= 0.3 is 0 Å². The van der Waals surface area contributed by atoms with E-state index < -0.39 is 17.2 Å². The number of carbonyl (C=O) groups excluding carboxylic acids is 1. The third-order valence-corrected chi connectivity index (χ3v) is 5.70. The van der Waals surface area contributed by atoms with Crippen LogP contribution in [0.3, 0.4) is 0 Å². The predicted octanol–water partition coefficient (Wildman–Crippen LogP) is 3.45. The maximum atomic E-state index is 14.4. The molecule has 5 nitrogen and oxygen atoms in total. The summed E-state index contributed by atoms with van der Waals surface area (Å²) >= 11 is 0. The Labute approximate surface area is 162 Å². The fraction of sp³-hybridized carbons (Fsp3) is 0.429. The fourth-order valence-electron chi connectivity index (χ4n) is 4.22. The van der Waals surface area contributed by atoms with Crippen molar-refractivity contribution in [2.75, 3.05) is 20.2 Å². The number of hydrogen-bond donors (Lipinski definition) is 1. The molecule has 0 radical (unpaired) electrons. The number of nitrogens with zero attached hydrogens (tertiary/aromatic N) is 2. The van der Waals surface area contributed by atoms with Crippen LogP contribution < -0.4 is 10.1 Å². The van der Waals surface area contributed by atoms with E-state index in [0.717, 1.165) is 37.6 Å². The van der Waals surface area contributed by atoms with Crippen molar-refractivity contribution in [1.82, 2.24) is 15.2 Å². The Balaban J connectivity index is 1.64. The lowest BCUT2D eigenvalue weighted by molar-refractivity contribution is -0.131. The van der Waals surface area contributed by atoms with Crippen molar-refractivity contribution in [3.8, 4) is 16.9 Å². The Morgan fingerprint density at radius 3 is 2.86 bits per heavy atom. The molecule has 0 aliphatic carbocycles. The molecule has 2 aliphatic heterocycles. The first kappa shape index (κ1) is 18.8. The SMILES string of the molecule is CCOc1cc(F)c(F)c(-c2ccnc(C3CCC4(CCN(C)C4=O)N3)c2)c1. The quantitative estimate of drug-likeness (QED) is 0.873. The van der Waals surface area contributed by atoms with E-state index in [4.69, 9.17) is 4.74 Å². The number of halogens is 2. The minimum absolute atomic E-state index is 0.0987. The van der Waals surface area contributed by atoms with Crippen LogP contribution in [0.5, 0.6) is 5.75 Å². The van der Waals surface area contributed by atoms with Crippen LogP contribution in [0.25, 0.3) is 11.1 Å². The van der Waals surface area contributed by atoms with Gasteiger partial charge in [0, 0.05) is 31.4 Å². The molecule has 1 aromatic heterocycles. The summed E-state index contributed by atoms with van der Waals surface area (Å²) in [7, 11) is 1.81. The lowest BCUT2D eigenvalue weighted by Gasteiger charge is -2.23. The molecule has 1 amide bonds. The monoisotopic (exact) mass is 387 g/mol. The minimum Gasteiger partial charge on any atom is -0.494 e. The molecule has 148 valence electrons. The van der Waals surface area contributed by atoms with Gasteiger partial charge in [0.2, 0.25) is 5.91 Å². The first-order valence-electron chi connectivity index (χ1n) is 9.55. The highest BCUT2D eigenvalue weighted by atomic mass is 19.2. The van der Waals surface area contributed by atoms with E-state index in [1.54, 1.807) is 30.2 Å². The summed E-state index contributed by atoms with van der Waals surface area (Å²) in [5, 5.41) is 3.45. The smallest absolute Gasteiger partial charge is 0.242 e. The molecule has 3 heterocycles. The number of aromatic nitrogens is 1. The number of amides is 1. The van der Waals surface area contributed by atoms with Crippen molar-refractivity contribution in [2.45, 2.75) is 37.8 Å². The fourth-order valence-corrected chi connectivity index (χ4v) is 4.22. The summed E-state index contributed by atoms with van der Waals surface area (Å²) in [5.41, 5.74) is 0.860. The number of likely N-dealkylation sites (tertiary alicyclic amines) is 1. The van der Waals surface area contributed by atoms with Gasteiger partial charge in [-0.3, -0.25) is 15.1 Å². The van der Waals surface area contributed by atoms with Gasteiger partial charge in [0.15, 0.2) is 11.6 Å². The number of nitrogens with one attached hydrogen (secondary N) is 1. The molecule has 1 spiro atoms. The number of rotatable bonds is 4. The second kappa shape index (κ2) is 7.13. The molecule has 2 unspecified atom stereocenters. The van der Waals surface area contributed by atoms with E-state index in [2.05, 4.69) is 10.3 Å². The molecule has 2 aliphatic rings. The van der Waals surface area contributed by atoms with E-state index in [1.807, 2.05) is 7.05 Å². The number of ether oxygens (including phenoxy) is 1. The highest BCUT2D eigenvalue weighted by molar-refractivity contribution is 5.88. The van der Waals surface area contributed by atoms with Gasteiger partial charge in [-0.05, 0) is 49.9 Å². The zero-order valence-corrected chi connectivity index (χ0v) is 16.0. The number of benzene rings is 1. The van der Waals surface area contributed by atoms with E-state index >= 15 is 0 Å². The second-order valence-corrected chi connectivity index (χ2v) is 7.46. The maximum Gasteiger partial charge on any atom is 0.242 e. The predicted molar refractivity (Wildman–Crippen MR) is 101 cm³/mol. The van der Waals surface area contributed by atoms with Gasteiger partial charge in [0.25, 0.3) is 0 Å². The summed E-state index contributed by atoms with van der Waals surface area (Å²) in [4.78, 5) is 18.7. The topological polar surface area (TPSA) is 54.5 Å². The lowest BCUT2D eigenvalue weighted by Crippen LogP contribution is -2.47. The summed E-state index contributed by atoms with van der Waals surface area (Å²) in [6.45, 7) is 2.89. The summed E-state index contributed by atoms with van der Waals surface area (Å²) in [6.07, 6.45) is 3.88. The first-order chi connectivity index (χ1) is 13.4. The van der Waals surface area contributed by atoms with E-state index in [-0.39, 0.29) is 23.3 Å². The van der Waals surface area contributed by atoms with Crippen LogP contribution in [-0.2, 0) is 4.79 Å². The molecule has 28 heavy (non-hydrogen) atoms. The van der Waals surface area contributed by atoms with Gasteiger partial charge in [-0.2, -0.15) is 0 Å². The van der Waals surface area contributed by atoms with Crippen LogP contribution in [-0.4, -0.2) is 41.5 Å². The van der Waals surface area contributed by atoms with Gasteiger partial charge in [-0.1, -0.05) is 0 Å². The highest BCUT2D eigenvalue weighted by Gasteiger charge is 2.50. The number of hydrogen-bond acceptors (Lipinski definition) is 4. The van der Waals surface area contributed by atoms with Crippen LogP contribution in [0.1, 0.15) is 37.9 Å². The Morgan fingerprint density at radius 2 is 2.14 bits per heavy atom. The van der Waals surface area contributed by atoms with Gasteiger partial charge in [-0.25, -0.2) is 8.78 Å². The van der Waals surface area contributed by atoms with Crippen LogP contribution in [0, 0.1) is 11.6 Å². The third kappa shape index (κ3) is 3.13. The highest BCUT2D eigenvalue weighted by Crippen LogP contribution is 2.39. The summed E-state index contributed by atoms with van der Waals surface area (Å²) < 4.78 is 33.8. The Hall–Kier alpha value is -2.54. The van der Waals surface area contributed by atoms with Gasteiger partial charge in [0.05, 0.1) is 18.3 Å². The molecular weight excluding hydrogens is 364 g/mol. The molecule has 1 N–H and O–H groups in total. The third-order valence-electron chi connectivity index (χ3n) is 5.70. The molecule has 0 bridgehead atoms. The molecule has 0 saturated carbocycles. The lowest BCUT2D eigenvalue weighted by atomic mass is 9.96. The molecule has 2 atom stereocenters. The molecule has 1 aromatic carbocycles. The maximum absolute atomic E-state index is 14.4. The molecule has 4 rings (SSSR count). The number of likely N-dealkylation sites (N-methyl/N-ethyl adjacent to an activating group) is 1. The van der Waals surface area contributed by atoms with Crippen molar-refractivity contribution in [3.05, 3.63) is 47.8 Å². The van der Waals surface area contributed by atoms with Gasteiger partial charge < -0.3 is 9.64 Å². The zero-order chi connectivity index (χ0) is 19.9. The van der Waals surface area contributed by atoms with Crippen LogP contribution in [0.15, 0.2) is 30.5 Å². The first-order valence-corrected chi connectivity index (χ1v) is 9.55. The van der Waals surface area contributed by atoms with Crippen molar-refractivity contribution in [3.63, 3.8) is 0 Å².